The van der Waals surface area contributed by atoms with Gasteiger partial charge in [0, 0.05) is 58.2 Å². The zero-order valence-electron chi connectivity index (χ0n) is 33.1. The van der Waals surface area contributed by atoms with Gasteiger partial charge in [0.15, 0.2) is 5.78 Å². The molecule has 283 valence electrons. The van der Waals surface area contributed by atoms with Gasteiger partial charge in [0.05, 0.1) is 16.0 Å². The van der Waals surface area contributed by atoms with Gasteiger partial charge in [-0.15, -0.1) is 51.8 Å². The van der Waals surface area contributed by atoms with Crippen LogP contribution in [0, 0.1) is 30.7 Å². The van der Waals surface area contributed by atoms with E-state index in [4.69, 9.17) is 4.98 Å². The Kier molecular flexibility index (Phi) is 14.8. The zero-order chi connectivity index (χ0) is 37.7. The SMILES string of the molecule is CCC(CC)C(=O)/C=C(\O)C(CC)CC.Cc1cc2nc(-c3[c-]c4ccccc4c(C(C)(C)C)c3)cc(-c3ccc4cc(CC(C)C)sc4c3)c2s1.[Ir]. The average molecular weight is 923 g/mol. The van der Waals surface area contributed by atoms with Crippen molar-refractivity contribution in [2.75, 3.05) is 0 Å². The van der Waals surface area contributed by atoms with Crippen molar-refractivity contribution in [3.05, 3.63) is 99.9 Å². The summed E-state index contributed by atoms with van der Waals surface area (Å²) in [6, 6.07) is 28.4. The Morgan fingerprint density at radius 1 is 0.887 bits per heavy atom. The van der Waals surface area contributed by atoms with Crippen LogP contribution in [0.15, 0.2) is 78.6 Å². The fourth-order valence-electron chi connectivity index (χ4n) is 7.02. The summed E-state index contributed by atoms with van der Waals surface area (Å²) >= 11 is 3.77. The van der Waals surface area contributed by atoms with Crippen LogP contribution in [0.4, 0.5) is 0 Å². The van der Waals surface area contributed by atoms with Crippen LogP contribution in [0.2, 0.25) is 0 Å². The minimum absolute atomic E-state index is 0. The van der Waals surface area contributed by atoms with Crippen molar-refractivity contribution >= 4 is 59.5 Å². The number of carbonyl (C=O) groups excluding carboxylic acids is 1. The second-order valence-electron chi connectivity index (χ2n) is 15.6. The second-order valence-corrected chi connectivity index (χ2v) is 18.0. The summed E-state index contributed by atoms with van der Waals surface area (Å²) in [5.74, 6) is 1.21. The molecule has 53 heavy (non-hydrogen) atoms. The third-order valence-electron chi connectivity index (χ3n) is 10.0. The summed E-state index contributed by atoms with van der Waals surface area (Å²) in [7, 11) is 0. The first-order valence-corrected chi connectivity index (χ1v) is 20.7. The molecular formula is C47H56IrNO2S2-. The maximum Gasteiger partial charge on any atom is 0.162 e. The monoisotopic (exact) mass is 923 g/mol. The maximum atomic E-state index is 11.7. The fraction of sp³-hybridized carbons (Fsp3) is 0.404. The van der Waals surface area contributed by atoms with E-state index in [0.29, 0.717) is 5.92 Å². The number of aliphatic hydroxyl groups is 1. The number of carbonyl (C=O) groups is 1. The molecule has 0 saturated carbocycles. The van der Waals surface area contributed by atoms with Crippen LogP contribution in [0.3, 0.4) is 0 Å². The molecule has 0 aliphatic carbocycles. The number of allylic oxidation sites excluding steroid dienone is 2. The van der Waals surface area contributed by atoms with E-state index in [2.05, 4.69) is 114 Å². The number of benzene rings is 3. The van der Waals surface area contributed by atoms with E-state index in [1.807, 2.05) is 50.4 Å². The molecule has 1 N–H and O–H groups in total. The first-order chi connectivity index (χ1) is 24.8. The number of hydrogen-bond donors (Lipinski definition) is 1. The number of pyridine rings is 1. The quantitative estimate of drug-likeness (QED) is 0.0800. The Bertz CT molecular complexity index is 2190. The van der Waals surface area contributed by atoms with Gasteiger partial charge >= 0.3 is 0 Å². The van der Waals surface area contributed by atoms with E-state index >= 15 is 0 Å². The molecule has 0 spiro atoms. The number of thiophene rings is 2. The molecule has 0 unspecified atom stereocenters. The van der Waals surface area contributed by atoms with Gasteiger partial charge in [-0.05, 0) is 85.1 Å². The van der Waals surface area contributed by atoms with E-state index in [0.717, 1.165) is 54.3 Å². The van der Waals surface area contributed by atoms with Crippen LogP contribution in [-0.2, 0) is 36.7 Å². The maximum absolute atomic E-state index is 11.7. The third-order valence-corrected chi connectivity index (χ3v) is 12.2. The predicted molar refractivity (Wildman–Crippen MR) is 228 cm³/mol. The molecule has 6 rings (SSSR count). The van der Waals surface area contributed by atoms with Gasteiger partial charge < -0.3 is 5.11 Å². The number of aryl methyl sites for hydroxylation is 1. The first kappa shape index (κ1) is 42.6. The molecule has 3 aromatic carbocycles. The largest absolute Gasteiger partial charge is 0.512 e. The molecule has 1 radical (unpaired) electrons. The van der Waals surface area contributed by atoms with Crippen molar-refractivity contribution in [3.8, 4) is 22.4 Å². The normalized spacial score (nSPS) is 12.2. The van der Waals surface area contributed by atoms with Crippen molar-refractivity contribution in [3.63, 3.8) is 0 Å². The van der Waals surface area contributed by atoms with Crippen molar-refractivity contribution in [1.82, 2.24) is 4.98 Å². The van der Waals surface area contributed by atoms with Gasteiger partial charge in [0.2, 0.25) is 0 Å². The zero-order valence-corrected chi connectivity index (χ0v) is 37.2. The minimum Gasteiger partial charge on any atom is -0.512 e. The van der Waals surface area contributed by atoms with Crippen LogP contribution < -0.4 is 0 Å². The van der Waals surface area contributed by atoms with E-state index in [9.17, 15) is 9.90 Å². The number of rotatable bonds is 11. The molecule has 6 aromatic rings. The molecular weight excluding hydrogens is 867 g/mol. The molecule has 0 bridgehead atoms. The average Bonchev–Trinajstić information content (AvgIpc) is 3.69. The summed E-state index contributed by atoms with van der Waals surface area (Å²) in [5.41, 5.74) is 7.00. The van der Waals surface area contributed by atoms with Gasteiger partial charge in [-0.25, -0.2) is 0 Å². The van der Waals surface area contributed by atoms with Crippen LogP contribution >= 0.6 is 22.7 Å². The molecule has 3 heterocycles. The van der Waals surface area contributed by atoms with Crippen LogP contribution in [-0.4, -0.2) is 15.9 Å². The standard InChI is InChI=1S/C34H32NS2.C13H24O2.Ir/c1-20(2)13-26-16-24-12-11-23(18-32(24)37-26)28-19-30(35-31-14-21(3)36-33(28)31)25-15-22-9-7-8-10-27(22)29(17-25)34(4,5)6;1-5-10(6-2)12(14)9-13(15)11(7-3)8-4;/h7-12,14,16-20H,13H2,1-6H3;9-11,14H,5-8H2,1-4H3;/q-1;;/b;12-9-;. The van der Waals surface area contributed by atoms with Crippen LogP contribution in [0.25, 0.3) is 53.5 Å². The molecule has 3 aromatic heterocycles. The van der Waals surface area contributed by atoms with Gasteiger partial charge in [0.1, 0.15) is 0 Å². The Balaban J connectivity index is 0.000000335. The van der Waals surface area contributed by atoms with Crippen molar-refractivity contribution in [1.29, 1.82) is 0 Å². The van der Waals surface area contributed by atoms with E-state index in [1.54, 1.807) is 0 Å². The van der Waals surface area contributed by atoms with Gasteiger partial charge in [-0.1, -0.05) is 110 Å². The fourth-order valence-corrected chi connectivity index (χ4v) is 9.32. The van der Waals surface area contributed by atoms with Crippen molar-refractivity contribution < 1.29 is 30.0 Å². The van der Waals surface area contributed by atoms with Crippen LogP contribution in [0.5, 0.6) is 0 Å². The second kappa shape index (κ2) is 18.5. The van der Waals surface area contributed by atoms with Gasteiger partial charge in [-0.3, -0.25) is 9.78 Å². The third kappa shape index (κ3) is 10.1. The smallest absolute Gasteiger partial charge is 0.162 e. The molecule has 0 saturated heterocycles. The van der Waals surface area contributed by atoms with Gasteiger partial charge in [0.25, 0.3) is 0 Å². The Morgan fingerprint density at radius 2 is 1.57 bits per heavy atom. The Morgan fingerprint density at radius 3 is 2.21 bits per heavy atom. The predicted octanol–water partition coefficient (Wildman–Crippen LogP) is 14.5. The molecule has 0 amide bonds. The summed E-state index contributed by atoms with van der Waals surface area (Å²) in [6.45, 7) is 21.7. The number of aliphatic hydroxyl groups excluding tert-OH is 1. The number of fused-ring (bicyclic) bond motifs is 3. The molecule has 0 aliphatic heterocycles. The Hall–Kier alpha value is -3.15. The topological polar surface area (TPSA) is 50.2 Å². The summed E-state index contributed by atoms with van der Waals surface area (Å²) in [5, 5.41) is 13.5. The summed E-state index contributed by atoms with van der Waals surface area (Å²) in [4.78, 5) is 19.6. The number of hydrogen-bond acceptors (Lipinski definition) is 5. The molecule has 0 atom stereocenters. The number of ketones is 1. The van der Waals surface area contributed by atoms with Crippen LogP contribution in [0.1, 0.15) is 103 Å². The van der Waals surface area contributed by atoms with E-state index in [1.165, 1.54) is 52.7 Å². The van der Waals surface area contributed by atoms with E-state index in [-0.39, 0.29) is 48.9 Å². The van der Waals surface area contributed by atoms with Crippen molar-refractivity contribution in [2.45, 2.75) is 107 Å². The van der Waals surface area contributed by atoms with E-state index < -0.39 is 0 Å². The van der Waals surface area contributed by atoms with Gasteiger partial charge in [-0.2, -0.15) is 0 Å². The molecule has 0 aliphatic rings. The number of nitrogens with zero attached hydrogens (tertiary/aromatic N) is 1. The number of aromatic nitrogens is 1. The minimum atomic E-state index is 0. The van der Waals surface area contributed by atoms with Crippen molar-refractivity contribution in [2.24, 2.45) is 17.8 Å². The first-order valence-electron chi connectivity index (χ1n) is 19.1. The Labute approximate surface area is 339 Å². The molecule has 0 fully saturated rings. The molecule has 3 nitrogen and oxygen atoms in total. The molecule has 6 heteroatoms. The summed E-state index contributed by atoms with van der Waals surface area (Å²) < 4.78 is 2.62. The summed E-state index contributed by atoms with van der Waals surface area (Å²) in [6.07, 6.45) is 6.04.